The number of nitrogen functional groups attached to an aromatic ring is 2. The first-order chi connectivity index (χ1) is 8.36. The minimum Gasteiger partial charge on any atom is -0.399 e. The second-order valence-electron chi connectivity index (χ2n) is 4.98. The molecule has 8 N–H and O–H groups in total. The van der Waals surface area contributed by atoms with Crippen LogP contribution in [0.15, 0.2) is 36.1 Å². The zero-order valence-corrected chi connectivity index (χ0v) is 10.8. The largest absolute Gasteiger partial charge is 0.399 e. The Hall–Kier alpha value is -1.94. The number of hydrogen-bond donors (Lipinski definition) is 4. The molecule has 2 rings (SSSR count). The Balaban J connectivity index is 2.63. The third-order valence-electron chi connectivity index (χ3n) is 3.67. The minimum absolute atomic E-state index is 0.0605. The Labute approximate surface area is 107 Å². The van der Waals surface area contributed by atoms with Crippen LogP contribution in [-0.4, -0.2) is 0 Å². The summed E-state index contributed by atoms with van der Waals surface area (Å²) in [6.07, 6.45) is 5.68. The molecule has 0 aromatic heterocycles. The standard InChI is InChI=1S/C14H20N4/c1-8-3-4-11(16)13(17)12(8)14(18)6-5-10(15)7-9(14)2/h3-7,9H,15-18H2,1-2H3. The topological polar surface area (TPSA) is 104 Å². The maximum absolute atomic E-state index is 6.53. The first-order valence-electron chi connectivity index (χ1n) is 5.96. The molecule has 0 aliphatic heterocycles. The van der Waals surface area contributed by atoms with Gasteiger partial charge in [0.1, 0.15) is 0 Å². The highest BCUT2D eigenvalue weighted by Crippen LogP contribution is 2.39. The summed E-state index contributed by atoms with van der Waals surface area (Å²) >= 11 is 0. The monoisotopic (exact) mass is 244 g/mol. The minimum atomic E-state index is -0.660. The number of hydrogen-bond acceptors (Lipinski definition) is 4. The fraction of sp³-hybridized carbons (Fsp3) is 0.286. The van der Waals surface area contributed by atoms with Crippen molar-refractivity contribution < 1.29 is 0 Å². The van der Waals surface area contributed by atoms with E-state index in [1.807, 2.05) is 38.1 Å². The molecule has 0 saturated heterocycles. The molecule has 0 fully saturated rings. The predicted molar refractivity (Wildman–Crippen MR) is 76.4 cm³/mol. The average molecular weight is 244 g/mol. The van der Waals surface area contributed by atoms with Crippen molar-refractivity contribution in [1.82, 2.24) is 0 Å². The lowest BCUT2D eigenvalue weighted by atomic mass is 9.74. The predicted octanol–water partition coefficient (Wildman–Crippen LogP) is 1.36. The molecule has 0 bridgehead atoms. The van der Waals surface area contributed by atoms with E-state index in [0.717, 1.165) is 16.8 Å². The molecular formula is C14H20N4. The Morgan fingerprint density at radius 3 is 2.44 bits per heavy atom. The highest BCUT2D eigenvalue weighted by molar-refractivity contribution is 5.72. The van der Waals surface area contributed by atoms with Crippen LogP contribution in [0.5, 0.6) is 0 Å². The van der Waals surface area contributed by atoms with E-state index in [0.29, 0.717) is 11.4 Å². The molecule has 18 heavy (non-hydrogen) atoms. The Morgan fingerprint density at radius 1 is 1.17 bits per heavy atom. The maximum Gasteiger partial charge on any atom is 0.0684 e. The lowest BCUT2D eigenvalue weighted by Crippen LogP contribution is -2.43. The average Bonchev–Trinajstić information content (AvgIpc) is 2.30. The fourth-order valence-electron chi connectivity index (χ4n) is 2.50. The number of benzene rings is 1. The number of anilines is 2. The number of allylic oxidation sites excluding steroid dienone is 1. The van der Waals surface area contributed by atoms with Crippen molar-refractivity contribution in [1.29, 1.82) is 0 Å². The summed E-state index contributed by atoms with van der Waals surface area (Å²) in [5.41, 5.74) is 27.4. The molecule has 1 aliphatic rings. The lowest BCUT2D eigenvalue weighted by molar-refractivity contribution is 0.430. The number of aryl methyl sites for hydroxylation is 1. The second kappa shape index (κ2) is 4.07. The summed E-state index contributed by atoms with van der Waals surface area (Å²) in [4.78, 5) is 0. The maximum atomic E-state index is 6.53. The van der Waals surface area contributed by atoms with Crippen LogP contribution in [0.25, 0.3) is 0 Å². The van der Waals surface area contributed by atoms with E-state index in [2.05, 4.69) is 0 Å². The Bertz CT molecular complexity index is 545. The summed E-state index contributed by atoms with van der Waals surface area (Å²) in [7, 11) is 0. The molecule has 2 unspecified atom stereocenters. The molecule has 2 atom stereocenters. The fourth-order valence-corrected chi connectivity index (χ4v) is 2.50. The van der Waals surface area contributed by atoms with Crippen molar-refractivity contribution >= 4 is 11.4 Å². The molecule has 0 saturated carbocycles. The Kier molecular flexibility index (Phi) is 2.83. The van der Waals surface area contributed by atoms with Gasteiger partial charge in [-0.05, 0) is 24.6 Å². The number of nitrogens with two attached hydrogens (primary N) is 4. The molecule has 1 aromatic rings. The van der Waals surface area contributed by atoms with E-state index < -0.39 is 5.54 Å². The summed E-state index contributed by atoms with van der Waals surface area (Å²) in [5, 5.41) is 0. The van der Waals surface area contributed by atoms with Crippen molar-refractivity contribution in [2.45, 2.75) is 19.4 Å². The molecule has 0 spiro atoms. The van der Waals surface area contributed by atoms with E-state index in [1.165, 1.54) is 0 Å². The summed E-state index contributed by atoms with van der Waals surface area (Å²) < 4.78 is 0. The van der Waals surface area contributed by atoms with Crippen LogP contribution in [-0.2, 0) is 5.54 Å². The van der Waals surface area contributed by atoms with Crippen LogP contribution in [0.1, 0.15) is 18.1 Å². The highest BCUT2D eigenvalue weighted by atomic mass is 14.8. The van der Waals surface area contributed by atoms with E-state index in [1.54, 1.807) is 6.07 Å². The Morgan fingerprint density at radius 2 is 1.83 bits per heavy atom. The van der Waals surface area contributed by atoms with Gasteiger partial charge in [0.15, 0.2) is 0 Å². The van der Waals surface area contributed by atoms with Crippen LogP contribution < -0.4 is 22.9 Å². The van der Waals surface area contributed by atoms with E-state index in [9.17, 15) is 0 Å². The van der Waals surface area contributed by atoms with Crippen LogP contribution in [0, 0.1) is 12.8 Å². The molecule has 4 heteroatoms. The van der Waals surface area contributed by atoms with Gasteiger partial charge in [0.05, 0.1) is 16.9 Å². The molecular weight excluding hydrogens is 224 g/mol. The first-order valence-corrected chi connectivity index (χ1v) is 5.96. The van der Waals surface area contributed by atoms with Gasteiger partial charge in [-0.25, -0.2) is 0 Å². The van der Waals surface area contributed by atoms with Gasteiger partial charge < -0.3 is 22.9 Å². The quantitative estimate of drug-likeness (QED) is 0.560. The molecule has 0 radical (unpaired) electrons. The molecule has 1 aliphatic carbocycles. The molecule has 4 nitrogen and oxygen atoms in total. The van der Waals surface area contributed by atoms with Crippen LogP contribution in [0.4, 0.5) is 11.4 Å². The van der Waals surface area contributed by atoms with Gasteiger partial charge in [-0.1, -0.05) is 25.1 Å². The lowest BCUT2D eigenvalue weighted by Gasteiger charge is -2.36. The van der Waals surface area contributed by atoms with Gasteiger partial charge in [-0.15, -0.1) is 0 Å². The highest BCUT2D eigenvalue weighted by Gasteiger charge is 2.35. The molecule has 0 amide bonds. The van der Waals surface area contributed by atoms with E-state index in [4.69, 9.17) is 22.9 Å². The van der Waals surface area contributed by atoms with Gasteiger partial charge in [-0.2, -0.15) is 0 Å². The third kappa shape index (κ3) is 1.75. The van der Waals surface area contributed by atoms with Crippen molar-refractivity contribution in [3.05, 3.63) is 47.2 Å². The van der Waals surface area contributed by atoms with Gasteiger partial charge in [-0.3, -0.25) is 0 Å². The zero-order valence-electron chi connectivity index (χ0n) is 10.8. The van der Waals surface area contributed by atoms with Crippen LogP contribution >= 0.6 is 0 Å². The number of rotatable bonds is 1. The molecule has 1 aromatic carbocycles. The van der Waals surface area contributed by atoms with Gasteiger partial charge in [0.25, 0.3) is 0 Å². The van der Waals surface area contributed by atoms with Crippen molar-refractivity contribution in [2.24, 2.45) is 17.4 Å². The molecule has 96 valence electrons. The summed E-state index contributed by atoms with van der Waals surface area (Å²) in [6, 6.07) is 3.75. The molecule has 0 heterocycles. The second-order valence-corrected chi connectivity index (χ2v) is 4.98. The smallest absolute Gasteiger partial charge is 0.0684 e. The summed E-state index contributed by atoms with van der Waals surface area (Å²) in [6.45, 7) is 4.01. The van der Waals surface area contributed by atoms with Crippen LogP contribution in [0.2, 0.25) is 0 Å². The zero-order chi connectivity index (χ0) is 13.5. The van der Waals surface area contributed by atoms with Crippen molar-refractivity contribution in [2.75, 3.05) is 11.5 Å². The van der Waals surface area contributed by atoms with Gasteiger partial charge in [0, 0.05) is 17.2 Å². The van der Waals surface area contributed by atoms with E-state index >= 15 is 0 Å². The van der Waals surface area contributed by atoms with Crippen molar-refractivity contribution in [3.63, 3.8) is 0 Å². The normalized spacial score (nSPS) is 27.1. The van der Waals surface area contributed by atoms with Gasteiger partial charge >= 0.3 is 0 Å². The van der Waals surface area contributed by atoms with E-state index in [-0.39, 0.29) is 5.92 Å². The third-order valence-corrected chi connectivity index (χ3v) is 3.67. The first kappa shape index (κ1) is 12.5. The van der Waals surface area contributed by atoms with Crippen molar-refractivity contribution in [3.8, 4) is 0 Å². The van der Waals surface area contributed by atoms with Gasteiger partial charge in [0.2, 0.25) is 0 Å². The summed E-state index contributed by atoms with van der Waals surface area (Å²) in [5.74, 6) is 0.0605. The van der Waals surface area contributed by atoms with Crippen LogP contribution in [0.3, 0.4) is 0 Å². The SMILES string of the molecule is Cc1ccc(N)c(N)c1C1(N)C=CC(N)=CC1C.